The molecule has 1 aliphatic rings. The van der Waals surface area contributed by atoms with Crippen LogP contribution in [0.5, 0.6) is 0 Å². The second-order valence-corrected chi connectivity index (χ2v) is 13.4. The van der Waals surface area contributed by atoms with Crippen molar-refractivity contribution in [3.05, 3.63) is 46.6 Å². The molecule has 0 saturated carbocycles. The highest BCUT2D eigenvalue weighted by Crippen LogP contribution is 2.36. The van der Waals surface area contributed by atoms with Gasteiger partial charge in [0.1, 0.15) is 0 Å². The third-order valence-corrected chi connectivity index (χ3v) is 9.74. The van der Waals surface area contributed by atoms with Crippen molar-refractivity contribution in [2.24, 2.45) is 0 Å². The maximum Gasteiger partial charge on any atom is 0.192 e. The van der Waals surface area contributed by atoms with Gasteiger partial charge in [-0.1, -0.05) is 44.5 Å². The quantitative estimate of drug-likeness (QED) is 0.531. The van der Waals surface area contributed by atoms with E-state index in [1.807, 2.05) is 30.3 Å². The van der Waals surface area contributed by atoms with Crippen molar-refractivity contribution in [3.8, 4) is 0 Å². The maximum absolute atomic E-state index is 8.28. The Labute approximate surface area is 157 Å². The van der Waals surface area contributed by atoms with E-state index in [9.17, 15) is 0 Å². The summed E-state index contributed by atoms with van der Waals surface area (Å²) in [5.74, 6) is 0. The first kappa shape index (κ1) is 20.2. The molecule has 0 spiro atoms. The minimum absolute atomic E-state index is 0.211. The van der Waals surface area contributed by atoms with Crippen molar-refractivity contribution in [2.45, 2.75) is 44.9 Å². The SMILES string of the molecule is CC(C)(C)[Si](C)(C)OCC1CNC/C(=C/C(=N)c2cccc(Cl)c2)N1. The van der Waals surface area contributed by atoms with Crippen molar-refractivity contribution < 1.29 is 4.43 Å². The summed E-state index contributed by atoms with van der Waals surface area (Å²) in [6.45, 7) is 13.6. The number of rotatable bonds is 5. The van der Waals surface area contributed by atoms with E-state index in [0.29, 0.717) is 17.3 Å². The molecule has 0 amide bonds. The molecule has 6 heteroatoms. The van der Waals surface area contributed by atoms with Gasteiger partial charge in [0.2, 0.25) is 0 Å². The average Bonchev–Trinajstić information content (AvgIpc) is 2.52. The number of hydrogen-bond acceptors (Lipinski definition) is 4. The summed E-state index contributed by atoms with van der Waals surface area (Å²) in [5.41, 5.74) is 2.29. The van der Waals surface area contributed by atoms with Crippen LogP contribution in [-0.2, 0) is 4.43 Å². The molecule has 0 bridgehead atoms. The minimum atomic E-state index is -1.75. The molecule has 0 aliphatic carbocycles. The summed E-state index contributed by atoms with van der Waals surface area (Å²) < 4.78 is 6.33. The highest BCUT2D eigenvalue weighted by Gasteiger charge is 2.37. The molecule has 3 N–H and O–H groups in total. The third-order valence-electron chi connectivity index (χ3n) is 5.00. The summed E-state index contributed by atoms with van der Waals surface area (Å²) in [4.78, 5) is 0. The summed E-state index contributed by atoms with van der Waals surface area (Å²) in [7, 11) is -1.75. The van der Waals surface area contributed by atoms with Crippen LogP contribution < -0.4 is 10.6 Å². The van der Waals surface area contributed by atoms with Crippen LogP contribution in [0.3, 0.4) is 0 Å². The van der Waals surface area contributed by atoms with Crippen LogP contribution in [0.15, 0.2) is 36.0 Å². The lowest BCUT2D eigenvalue weighted by molar-refractivity contribution is 0.238. The lowest BCUT2D eigenvalue weighted by atomic mass is 10.1. The van der Waals surface area contributed by atoms with E-state index in [0.717, 1.165) is 24.4 Å². The normalized spacial score (nSPS) is 20.4. The van der Waals surface area contributed by atoms with Crippen molar-refractivity contribution in [1.82, 2.24) is 10.6 Å². The molecular formula is C19H30ClN3OSi. The lowest BCUT2D eigenvalue weighted by Crippen LogP contribution is -2.52. The number of allylic oxidation sites excluding steroid dienone is 1. The van der Waals surface area contributed by atoms with E-state index in [4.69, 9.17) is 21.4 Å². The van der Waals surface area contributed by atoms with E-state index >= 15 is 0 Å². The summed E-state index contributed by atoms with van der Waals surface area (Å²) in [6.07, 6.45) is 1.87. The van der Waals surface area contributed by atoms with Gasteiger partial charge in [0, 0.05) is 29.4 Å². The fraction of sp³-hybridized carbons (Fsp3) is 0.526. The molecule has 1 unspecified atom stereocenters. The van der Waals surface area contributed by atoms with Gasteiger partial charge in [-0.2, -0.15) is 0 Å². The fourth-order valence-corrected chi connectivity index (χ4v) is 3.62. The van der Waals surface area contributed by atoms with E-state index in [2.05, 4.69) is 44.5 Å². The number of hydrogen-bond donors (Lipinski definition) is 3. The Hall–Kier alpha value is -1.14. The molecule has 25 heavy (non-hydrogen) atoms. The number of halogens is 1. The van der Waals surface area contributed by atoms with Crippen LogP contribution in [0.4, 0.5) is 0 Å². The van der Waals surface area contributed by atoms with Crippen LogP contribution in [0.2, 0.25) is 23.2 Å². The molecule has 1 heterocycles. The van der Waals surface area contributed by atoms with Gasteiger partial charge in [0.25, 0.3) is 0 Å². The Bertz CT molecular complexity index is 652. The predicted molar refractivity (Wildman–Crippen MR) is 109 cm³/mol. The topological polar surface area (TPSA) is 57.1 Å². The molecule has 2 rings (SSSR count). The molecule has 0 aromatic heterocycles. The second kappa shape index (κ2) is 8.04. The largest absolute Gasteiger partial charge is 0.415 e. The van der Waals surface area contributed by atoms with Crippen LogP contribution >= 0.6 is 11.6 Å². The summed E-state index contributed by atoms with van der Waals surface area (Å²) >= 11 is 6.02. The number of piperazine rings is 1. The first-order valence-corrected chi connectivity index (χ1v) is 12.0. The maximum atomic E-state index is 8.28. The van der Waals surface area contributed by atoms with Gasteiger partial charge in [-0.05, 0) is 36.3 Å². The predicted octanol–water partition coefficient (Wildman–Crippen LogP) is 4.17. The van der Waals surface area contributed by atoms with Crippen LogP contribution in [0, 0.1) is 5.41 Å². The van der Waals surface area contributed by atoms with E-state index in [1.54, 1.807) is 0 Å². The zero-order valence-electron chi connectivity index (χ0n) is 15.9. The van der Waals surface area contributed by atoms with Gasteiger partial charge in [-0.25, -0.2) is 0 Å². The average molecular weight is 380 g/mol. The summed E-state index contributed by atoms with van der Waals surface area (Å²) in [5, 5.41) is 16.1. The number of benzene rings is 1. The Kier molecular flexibility index (Phi) is 6.49. The van der Waals surface area contributed by atoms with Crippen LogP contribution in [0.25, 0.3) is 0 Å². The molecule has 1 aliphatic heterocycles. The first-order valence-electron chi connectivity index (χ1n) is 8.75. The Balaban J connectivity index is 1.97. The van der Waals surface area contributed by atoms with Crippen LogP contribution in [-0.4, -0.2) is 39.8 Å². The van der Waals surface area contributed by atoms with Gasteiger partial charge in [0.15, 0.2) is 8.32 Å². The monoisotopic (exact) mass is 379 g/mol. The van der Waals surface area contributed by atoms with Gasteiger partial charge in [0.05, 0.1) is 18.4 Å². The van der Waals surface area contributed by atoms with Crippen LogP contribution in [0.1, 0.15) is 26.3 Å². The molecule has 1 saturated heterocycles. The molecule has 138 valence electrons. The van der Waals surface area contributed by atoms with Crippen molar-refractivity contribution in [1.29, 1.82) is 5.41 Å². The smallest absolute Gasteiger partial charge is 0.192 e. The molecule has 0 radical (unpaired) electrons. The zero-order chi connectivity index (χ0) is 18.7. The molecule has 4 nitrogen and oxygen atoms in total. The van der Waals surface area contributed by atoms with Gasteiger partial charge >= 0.3 is 0 Å². The lowest BCUT2D eigenvalue weighted by Gasteiger charge is -2.38. The molecule has 1 aromatic carbocycles. The second-order valence-electron chi connectivity index (χ2n) is 8.14. The molecule has 1 atom stereocenters. The molecule has 1 aromatic rings. The number of nitrogens with one attached hydrogen (secondary N) is 3. The zero-order valence-corrected chi connectivity index (χ0v) is 17.6. The van der Waals surface area contributed by atoms with E-state index < -0.39 is 8.32 Å². The Morgan fingerprint density at radius 3 is 2.76 bits per heavy atom. The highest BCUT2D eigenvalue weighted by atomic mass is 35.5. The van der Waals surface area contributed by atoms with Gasteiger partial charge in [-0.15, -0.1) is 0 Å². The highest BCUT2D eigenvalue weighted by molar-refractivity contribution is 6.74. The standard InChI is InChI=1S/C19H30ClN3OSi/c1-19(2,3)25(4,5)24-13-17-12-22-11-16(23-17)10-18(21)14-7-6-8-15(20)9-14/h6-10,17,21-23H,11-13H2,1-5H3/b16-10-,21-18?. The fourth-order valence-electron chi connectivity index (χ4n) is 2.38. The van der Waals surface area contributed by atoms with Crippen molar-refractivity contribution in [2.75, 3.05) is 19.7 Å². The third kappa shape index (κ3) is 5.68. The Morgan fingerprint density at radius 1 is 1.40 bits per heavy atom. The van der Waals surface area contributed by atoms with E-state index in [-0.39, 0.29) is 11.1 Å². The van der Waals surface area contributed by atoms with E-state index in [1.165, 1.54) is 0 Å². The van der Waals surface area contributed by atoms with Gasteiger partial charge < -0.3 is 20.5 Å². The minimum Gasteiger partial charge on any atom is -0.415 e. The van der Waals surface area contributed by atoms with Gasteiger partial charge in [-0.3, -0.25) is 0 Å². The first-order chi connectivity index (χ1) is 11.6. The molecule has 1 fully saturated rings. The van der Waals surface area contributed by atoms with Crippen molar-refractivity contribution in [3.63, 3.8) is 0 Å². The van der Waals surface area contributed by atoms with Crippen molar-refractivity contribution >= 4 is 25.6 Å². The summed E-state index contributed by atoms with van der Waals surface area (Å²) in [6, 6.07) is 7.63. The Morgan fingerprint density at radius 2 is 2.12 bits per heavy atom. The molecular weight excluding hydrogens is 350 g/mol.